The molecule has 6 N–H and O–H groups in total. The van der Waals surface area contributed by atoms with Crippen LogP contribution in [0.25, 0.3) is 0 Å². The van der Waals surface area contributed by atoms with Crippen molar-refractivity contribution in [1.82, 2.24) is 4.72 Å². The fourth-order valence-corrected chi connectivity index (χ4v) is 2.56. The number of sulfonamides is 1. The van der Waals surface area contributed by atoms with E-state index in [9.17, 15) is 13.2 Å². The lowest BCUT2D eigenvalue weighted by Gasteiger charge is -2.10. The largest absolute Gasteiger partial charge is 0.398 e. The van der Waals surface area contributed by atoms with E-state index in [0.717, 1.165) is 0 Å². The van der Waals surface area contributed by atoms with Crippen molar-refractivity contribution in [2.75, 3.05) is 32.1 Å². The highest BCUT2D eigenvalue weighted by Crippen LogP contribution is 2.19. The Balaban J connectivity index is 2.75. The number of nitrogen functional groups attached to an aromatic ring is 1. The molecular weight excluding hydrogens is 286 g/mol. The van der Waals surface area contributed by atoms with Crippen LogP contribution in [-0.4, -0.2) is 45.8 Å². The maximum absolute atomic E-state index is 12.0. The smallest absolute Gasteiger partial charge is 0.248 e. The molecule has 0 spiro atoms. The first-order valence-corrected chi connectivity index (χ1v) is 7.24. The van der Waals surface area contributed by atoms with E-state index in [1.165, 1.54) is 18.2 Å². The van der Waals surface area contributed by atoms with Crippen molar-refractivity contribution in [1.29, 1.82) is 0 Å². The number of ether oxygens (including phenoxy) is 1. The van der Waals surface area contributed by atoms with Gasteiger partial charge < -0.3 is 21.3 Å². The molecule has 0 aliphatic rings. The monoisotopic (exact) mass is 303 g/mol. The maximum Gasteiger partial charge on any atom is 0.248 e. The van der Waals surface area contributed by atoms with Crippen LogP contribution in [0.4, 0.5) is 5.69 Å². The number of carbonyl (C=O) groups is 1. The van der Waals surface area contributed by atoms with Crippen molar-refractivity contribution in [2.24, 2.45) is 5.73 Å². The molecule has 0 heterocycles. The van der Waals surface area contributed by atoms with Crippen LogP contribution in [0.2, 0.25) is 0 Å². The minimum Gasteiger partial charge on any atom is -0.398 e. The fraction of sp³-hybridized carbons (Fsp3) is 0.364. The predicted molar refractivity (Wildman–Crippen MR) is 72.5 cm³/mol. The number of carbonyl (C=O) groups excluding carboxylic acids is 1. The third-order valence-electron chi connectivity index (χ3n) is 2.36. The molecule has 0 unspecified atom stereocenters. The Morgan fingerprint density at radius 2 is 2.05 bits per heavy atom. The highest BCUT2D eigenvalue weighted by atomic mass is 32.2. The Hall–Kier alpha value is -1.68. The average Bonchev–Trinajstić information content (AvgIpc) is 2.37. The zero-order chi connectivity index (χ0) is 15.2. The zero-order valence-electron chi connectivity index (χ0n) is 10.7. The van der Waals surface area contributed by atoms with Gasteiger partial charge in [0.05, 0.1) is 25.5 Å². The van der Waals surface area contributed by atoms with Crippen molar-refractivity contribution < 1.29 is 23.1 Å². The molecule has 1 amide bonds. The van der Waals surface area contributed by atoms with E-state index >= 15 is 0 Å². The van der Waals surface area contributed by atoms with Crippen LogP contribution in [0.1, 0.15) is 10.4 Å². The van der Waals surface area contributed by atoms with Crippen LogP contribution in [0.3, 0.4) is 0 Å². The van der Waals surface area contributed by atoms with Gasteiger partial charge in [0, 0.05) is 12.1 Å². The van der Waals surface area contributed by atoms with Gasteiger partial charge in [0.1, 0.15) is 4.90 Å². The van der Waals surface area contributed by atoms with E-state index < -0.39 is 15.9 Å². The van der Waals surface area contributed by atoms with Gasteiger partial charge in [0.15, 0.2) is 0 Å². The van der Waals surface area contributed by atoms with E-state index in [1.807, 2.05) is 0 Å². The number of aliphatic hydroxyl groups is 1. The Morgan fingerprint density at radius 1 is 1.35 bits per heavy atom. The normalized spacial score (nSPS) is 11.4. The van der Waals surface area contributed by atoms with Crippen LogP contribution in [0, 0.1) is 0 Å². The van der Waals surface area contributed by atoms with Gasteiger partial charge in [0.25, 0.3) is 0 Å². The molecule has 1 aromatic rings. The van der Waals surface area contributed by atoms with Crippen LogP contribution >= 0.6 is 0 Å². The number of primary amides is 1. The number of hydrogen-bond acceptors (Lipinski definition) is 6. The lowest BCUT2D eigenvalue weighted by atomic mass is 10.2. The second-order valence-electron chi connectivity index (χ2n) is 3.85. The number of hydrogen-bond donors (Lipinski definition) is 4. The number of nitrogens with two attached hydrogens (primary N) is 2. The van der Waals surface area contributed by atoms with Gasteiger partial charge in [-0.2, -0.15) is 0 Å². The van der Waals surface area contributed by atoms with Crippen molar-refractivity contribution in [3.05, 3.63) is 23.8 Å². The van der Waals surface area contributed by atoms with E-state index in [4.69, 9.17) is 21.3 Å². The summed E-state index contributed by atoms with van der Waals surface area (Å²) in [5, 5.41) is 8.49. The van der Waals surface area contributed by atoms with E-state index in [1.54, 1.807) is 0 Å². The number of amides is 1. The van der Waals surface area contributed by atoms with Crippen molar-refractivity contribution in [3.8, 4) is 0 Å². The topological polar surface area (TPSA) is 145 Å². The molecule has 8 nitrogen and oxygen atoms in total. The van der Waals surface area contributed by atoms with Crippen molar-refractivity contribution in [2.45, 2.75) is 4.90 Å². The van der Waals surface area contributed by atoms with E-state index in [2.05, 4.69) is 4.72 Å². The maximum atomic E-state index is 12.0. The Bertz CT molecular complexity index is 573. The van der Waals surface area contributed by atoms with Gasteiger partial charge in [-0.25, -0.2) is 13.1 Å². The first-order chi connectivity index (χ1) is 9.38. The molecule has 0 saturated heterocycles. The summed E-state index contributed by atoms with van der Waals surface area (Å²) in [4.78, 5) is 10.8. The van der Waals surface area contributed by atoms with Crippen molar-refractivity contribution in [3.63, 3.8) is 0 Å². The van der Waals surface area contributed by atoms with Gasteiger partial charge in [0.2, 0.25) is 15.9 Å². The molecule has 0 saturated carbocycles. The molecule has 0 bridgehead atoms. The van der Waals surface area contributed by atoms with Gasteiger partial charge in [-0.3, -0.25) is 4.79 Å². The minimum absolute atomic E-state index is 0.0410. The highest BCUT2D eigenvalue weighted by Gasteiger charge is 2.17. The second kappa shape index (κ2) is 7.20. The third-order valence-corrected chi connectivity index (χ3v) is 3.89. The molecule has 20 heavy (non-hydrogen) atoms. The lowest BCUT2D eigenvalue weighted by Crippen LogP contribution is -2.28. The fourth-order valence-electron chi connectivity index (χ4n) is 1.44. The third kappa shape index (κ3) is 4.46. The number of anilines is 1. The minimum atomic E-state index is -3.79. The average molecular weight is 303 g/mol. The van der Waals surface area contributed by atoms with Gasteiger partial charge in [-0.15, -0.1) is 0 Å². The molecule has 0 atom stereocenters. The summed E-state index contributed by atoms with van der Waals surface area (Å²) in [5.74, 6) is -0.689. The summed E-state index contributed by atoms with van der Waals surface area (Å²) in [7, 11) is -3.79. The van der Waals surface area contributed by atoms with Gasteiger partial charge >= 0.3 is 0 Å². The quantitative estimate of drug-likeness (QED) is 0.345. The molecular formula is C11H17N3O5S. The first-order valence-electron chi connectivity index (χ1n) is 5.76. The summed E-state index contributed by atoms with van der Waals surface area (Å²) >= 11 is 0. The van der Waals surface area contributed by atoms with Crippen LogP contribution in [0.5, 0.6) is 0 Å². The molecule has 0 fully saturated rings. The molecule has 9 heteroatoms. The number of benzene rings is 1. The predicted octanol–water partition coefficient (Wildman–Crippen LogP) is -1.35. The molecule has 0 aromatic heterocycles. The highest BCUT2D eigenvalue weighted by molar-refractivity contribution is 7.89. The second-order valence-corrected chi connectivity index (χ2v) is 5.59. The molecule has 1 rings (SSSR count). The standard InChI is InChI=1S/C11H17N3O5S/c12-9-7-8(11(13)16)1-2-10(9)20(17,18)14-3-5-19-6-4-15/h1-2,7,14-15H,3-6,12H2,(H2,13,16). The zero-order valence-corrected chi connectivity index (χ0v) is 11.5. The number of rotatable bonds is 8. The molecule has 0 radical (unpaired) electrons. The van der Waals surface area contributed by atoms with Gasteiger partial charge in [-0.1, -0.05) is 0 Å². The number of aliphatic hydroxyl groups excluding tert-OH is 1. The van der Waals surface area contributed by atoms with Crippen LogP contribution in [-0.2, 0) is 14.8 Å². The van der Waals surface area contributed by atoms with Crippen LogP contribution < -0.4 is 16.2 Å². The van der Waals surface area contributed by atoms with Crippen molar-refractivity contribution >= 4 is 21.6 Å². The summed E-state index contributed by atoms with van der Waals surface area (Å²) in [6.45, 7) is 0.170. The summed E-state index contributed by atoms with van der Waals surface area (Å²) in [5.41, 5.74) is 10.7. The summed E-state index contributed by atoms with van der Waals surface area (Å²) in [6, 6.07) is 3.71. The molecule has 112 valence electrons. The van der Waals surface area contributed by atoms with Crippen LogP contribution in [0.15, 0.2) is 23.1 Å². The van der Waals surface area contributed by atoms with E-state index in [0.29, 0.717) is 0 Å². The first kappa shape index (κ1) is 16.4. The molecule has 0 aliphatic heterocycles. The summed E-state index contributed by atoms with van der Waals surface area (Å²) < 4.78 is 31.1. The molecule has 0 aliphatic carbocycles. The van der Waals surface area contributed by atoms with E-state index in [-0.39, 0.29) is 42.5 Å². The molecule has 1 aromatic carbocycles. The summed E-state index contributed by atoms with van der Waals surface area (Å²) in [6.07, 6.45) is 0. The lowest BCUT2D eigenvalue weighted by molar-refractivity contribution is 0.0961. The number of nitrogens with one attached hydrogen (secondary N) is 1. The Morgan fingerprint density at radius 3 is 2.60 bits per heavy atom. The Kier molecular flexibility index (Phi) is 5.89. The SMILES string of the molecule is NC(=O)c1ccc(S(=O)(=O)NCCOCCO)c(N)c1. The van der Waals surface area contributed by atoms with Gasteiger partial charge in [-0.05, 0) is 18.2 Å². The Labute approximate surface area is 116 Å².